The van der Waals surface area contributed by atoms with Gasteiger partial charge in [0.2, 0.25) is 5.91 Å². The first-order valence-corrected chi connectivity index (χ1v) is 7.04. The Bertz CT molecular complexity index is 707. The van der Waals surface area contributed by atoms with E-state index in [0.717, 1.165) is 5.39 Å². The Morgan fingerprint density at radius 2 is 2.10 bits per heavy atom. The Morgan fingerprint density at radius 1 is 1.33 bits per heavy atom. The maximum atomic E-state index is 13.1. The van der Waals surface area contributed by atoms with Gasteiger partial charge in [-0.15, -0.1) is 0 Å². The fourth-order valence-corrected chi connectivity index (χ4v) is 2.06. The molecule has 1 heterocycles. The molecule has 1 amide bonds. The number of aryl methyl sites for hydroxylation is 1. The summed E-state index contributed by atoms with van der Waals surface area (Å²) in [5.41, 5.74) is 0.728. The number of pyridine rings is 1. The van der Waals surface area contributed by atoms with Gasteiger partial charge in [-0.05, 0) is 42.0 Å². The molecule has 2 N–H and O–H groups in total. The maximum Gasteiger partial charge on any atom is 0.251 e. The number of halogens is 1. The summed E-state index contributed by atoms with van der Waals surface area (Å²) in [7, 11) is 0. The number of nitrogens with one attached hydrogen (secondary N) is 2. The number of fused-ring (bicyclic) bond motifs is 1. The lowest BCUT2D eigenvalue weighted by molar-refractivity contribution is -0.121. The number of carbonyl (C=O) groups excluding carboxylic acids is 1. The molecular formula is C16H19FN2O2. The fourth-order valence-electron chi connectivity index (χ4n) is 2.06. The van der Waals surface area contributed by atoms with Crippen molar-refractivity contribution in [3.8, 4) is 0 Å². The summed E-state index contributed by atoms with van der Waals surface area (Å²) in [6.07, 6.45) is 0.634. The minimum Gasteiger partial charge on any atom is -0.356 e. The van der Waals surface area contributed by atoms with Crippen molar-refractivity contribution in [3.63, 3.8) is 0 Å². The third-order valence-electron chi connectivity index (χ3n) is 3.21. The summed E-state index contributed by atoms with van der Waals surface area (Å²) in [6.45, 7) is 4.67. The standard InChI is InChI=1S/C16H19FN2O2/c1-10(2)9-18-15(20)6-4-12-7-11-3-5-13(17)8-14(11)19-16(12)21/h3,5,7-8,10H,4,6,9H2,1-2H3,(H,18,20)(H,19,21). The van der Waals surface area contributed by atoms with Crippen molar-refractivity contribution in [1.82, 2.24) is 10.3 Å². The van der Waals surface area contributed by atoms with E-state index in [-0.39, 0.29) is 23.7 Å². The van der Waals surface area contributed by atoms with Crippen LogP contribution in [0.2, 0.25) is 0 Å². The zero-order valence-electron chi connectivity index (χ0n) is 12.2. The molecule has 0 spiro atoms. The van der Waals surface area contributed by atoms with E-state index in [9.17, 15) is 14.0 Å². The van der Waals surface area contributed by atoms with Gasteiger partial charge < -0.3 is 10.3 Å². The third kappa shape index (κ3) is 4.15. The predicted octanol–water partition coefficient (Wildman–Crippen LogP) is 2.37. The molecule has 2 rings (SSSR count). The maximum absolute atomic E-state index is 13.1. The van der Waals surface area contributed by atoms with Crippen LogP contribution in [-0.2, 0) is 11.2 Å². The third-order valence-corrected chi connectivity index (χ3v) is 3.21. The Kier molecular flexibility index (Phi) is 4.73. The lowest BCUT2D eigenvalue weighted by Gasteiger charge is -2.07. The largest absolute Gasteiger partial charge is 0.356 e. The van der Waals surface area contributed by atoms with Crippen LogP contribution in [0.1, 0.15) is 25.8 Å². The van der Waals surface area contributed by atoms with Gasteiger partial charge in [0, 0.05) is 18.5 Å². The lowest BCUT2D eigenvalue weighted by Crippen LogP contribution is -2.28. The minimum atomic E-state index is -0.390. The molecule has 5 heteroatoms. The lowest BCUT2D eigenvalue weighted by atomic mass is 10.1. The van der Waals surface area contributed by atoms with Crippen LogP contribution >= 0.6 is 0 Å². The van der Waals surface area contributed by atoms with Gasteiger partial charge in [0.1, 0.15) is 5.82 Å². The first-order valence-electron chi connectivity index (χ1n) is 7.04. The summed E-state index contributed by atoms with van der Waals surface area (Å²) < 4.78 is 13.1. The van der Waals surface area contributed by atoms with E-state index >= 15 is 0 Å². The van der Waals surface area contributed by atoms with Crippen LogP contribution in [0.5, 0.6) is 0 Å². The summed E-state index contributed by atoms with van der Waals surface area (Å²) >= 11 is 0. The van der Waals surface area contributed by atoms with E-state index in [1.54, 1.807) is 12.1 Å². The van der Waals surface area contributed by atoms with Crippen LogP contribution in [0.4, 0.5) is 4.39 Å². The van der Waals surface area contributed by atoms with Crippen molar-refractivity contribution in [2.45, 2.75) is 26.7 Å². The summed E-state index contributed by atoms with van der Waals surface area (Å²) in [6, 6.07) is 5.96. The van der Waals surface area contributed by atoms with E-state index < -0.39 is 0 Å². The molecule has 21 heavy (non-hydrogen) atoms. The smallest absolute Gasteiger partial charge is 0.251 e. The van der Waals surface area contributed by atoms with Crippen LogP contribution in [0, 0.1) is 11.7 Å². The molecule has 2 aromatic rings. The highest BCUT2D eigenvalue weighted by Crippen LogP contribution is 2.13. The van der Waals surface area contributed by atoms with Gasteiger partial charge in [-0.2, -0.15) is 0 Å². The van der Waals surface area contributed by atoms with Crippen molar-refractivity contribution >= 4 is 16.8 Å². The molecule has 0 saturated heterocycles. The first-order chi connectivity index (χ1) is 9.95. The average molecular weight is 290 g/mol. The topological polar surface area (TPSA) is 62.0 Å². The Morgan fingerprint density at radius 3 is 2.81 bits per heavy atom. The molecule has 0 saturated carbocycles. The highest BCUT2D eigenvalue weighted by molar-refractivity contribution is 5.79. The van der Waals surface area contributed by atoms with Gasteiger partial charge in [-0.3, -0.25) is 9.59 Å². The molecule has 112 valence electrons. The highest BCUT2D eigenvalue weighted by atomic mass is 19.1. The van der Waals surface area contributed by atoms with Gasteiger partial charge in [0.25, 0.3) is 5.56 Å². The number of H-pyrrole nitrogens is 1. The van der Waals surface area contributed by atoms with Crippen molar-refractivity contribution in [2.24, 2.45) is 5.92 Å². The Labute approximate surface area is 122 Å². The summed E-state index contributed by atoms with van der Waals surface area (Å²) in [5.74, 6) is -0.0609. The fraction of sp³-hybridized carbons (Fsp3) is 0.375. The number of benzene rings is 1. The molecule has 0 bridgehead atoms. The normalized spacial score (nSPS) is 11.0. The van der Waals surface area contributed by atoms with Crippen LogP contribution in [0.25, 0.3) is 10.9 Å². The van der Waals surface area contributed by atoms with Gasteiger partial charge in [-0.1, -0.05) is 13.8 Å². The minimum absolute atomic E-state index is 0.0673. The van der Waals surface area contributed by atoms with Crippen molar-refractivity contribution in [1.29, 1.82) is 0 Å². The number of amides is 1. The number of hydrogen-bond acceptors (Lipinski definition) is 2. The number of rotatable bonds is 5. The van der Waals surface area contributed by atoms with Crippen LogP contribution in [-0.4, -0.2) is 17.4 Å². The molecule has 0 atom stereocenters. The number of aromatic nitrogens is 1. The molecule has 0 radical (unpaired) electrons. The van der Waals surface area contributed by atoms with E-state index in [1.807, 2.05) is 13.8 Å². The SMILES string of the molecule is CC(C)CNC(=O)CCc1cc2ccc(F)cc2[nH]c1=O. The van der Waals surface area contributed by atoms with Crippen molar-refractivity contribution in [2.75, 3.05) is 6.54 Å². The zero-order chi connectivity index (χ0) is 15.4. The van der Waals surface area contributed by atoms with E-state index in [2.05, 4.69) is 10.3 Å². The highest BCUT2D eigenvalue weighted by Gasteiger charge is 2.07. The van der Waals surface area contributed by atoms with Gasteiger partial charge in [0.15, 0.2) is 0 Å². The zero-order valence-corrected chi connectivity index (χ0v) is 12.2. The van der Waals surface area contributed by atoms with Gasteiger partial charge in [-0.25, -0.2) is 4.39 Å². The van der Waals surface area contributed by atoms with E-state index in [0.29, 0.717) is 30.0 Å². The first kappa shape index (κ1) is 15.2. The van der Waals surface area contributed by atoms with Crippen LogP contribution in [0.3, 0.4) is 0 Å². The second-order valence-corrected chi connectivity index (χ2v) is 5.55. The molecule has 0 aliphatic heterocycles. The summed E-state index contributed by atoms with van der Waals surface area (Å²) in [4.78, 5) is 26.2. The summed E-state index contributed by atoms with van der Waals surface area (Å²) in [5, 5.41) is 3.57. The van der Waals surface area contributed by atoms with Crippen molar-refractivity contribution < 1.29 is 9.18 Å². The molecule has 0 unspecified atom stereocenters. The second kappa shape index (κ2) is 6.52. The second-order valence-electron chi connectivity index (χ2n) is 5.55. The van der Waals surface area contributed by atoms with Gasteiger partial charge in [0.05, 0.1) is 5.52 Å². The quantitative estimate of drug-likeness (QED) is 0.888. The molecule has 4 nitrogen and oxygen atoms in total. The number of carbonyl (C=O) groups is 1. The monoisotopic (exact) mass is 290 g/mol. The van der Waals surface area contributed by atoms with E-state index in [1.165, 1.54) is 12.1 Å². The van der Waals surface area contributed by atoms with Crippen LogP contribution < -0.4 is 10.9 Å². The number of hydrogen-bond donors (Lipinski definition) is 2. The van der Waals surface area contributed by atoms with Crippen LogP contribution in [0.15, 0.2) is 29.1 Å². The molecule has 0 aliphatic carbocycles. The Balaban J connectivity index is 2.08. The molecule has 0 fully saturated rings. The van der Waals surface area contributed by atoms with E-state index in [4.69, 9.17) is 0 Å². The Hall–Kier alpha value is -2.17. The molecule has 1 aromatic heterocycles. The van der Waals surface area contributed by atoms with Gasteiger partial charge >= 0.3 is 0 Å². The average Bonchev–Trinajstić information content (AvgIpc) is 2.42. The molecule has 1 aromatic carbocycles. The molecule has 0 aliphatic rings. The van der Waals surface area contributed by atoms with Crippen molar-refractivity contribution in [3.05, 3.63) is 46.0 Å². The predicted molar refractivity (Wildman–Crippen MR) is 80.7 cm³/mol. The molecular weight excluding hydrogens is 271 g/mol. The number of aromatic amines is 1.